The highest BCUT2D eigenvalue weighted by Crippen LogP contribution is 2.28. The molecule has 1 aliphatic rings. The van der Waals surface area contributed by atoms with E-state index in [0.29, 0.717) is 18.1 Å². The third-order valence-corrected chi connectivity index (χ3v) is 6.17. The van der Waals surface area contributed by atoms with Crippen LogP contribution in [-0.2, 0) is 19.6 Å². The minimum Gasteiger partial charge on any atom is -0.497 e. The van der Waals surface area contributed by atoms with Gasteiger partial charge in [0.2, 0.25) is 0 Å². The summed E-state index contributed by atoms with van der Waals surface area (Å²) in [5.41, 5.74) is 2.45. The van der Waals surface area contributed by atoms with E-state index in [1.54, 1.807) is 13.2 Å². The van der Waals surface area contributed by atoms with Crippen LogP contribution in [0, 0.1) is 5.82 Å². The maximum atomic E-state index is 14.4. The Morgan fingerprint density at radius 1 is 1.13 bits per heavy atom. The number of para-hydroxylation sites is 1. The largest absolute Gasteiger partial charge is 0.497 e. The monoisotopic (exact) mass is 411 g/mol. The molecule has 3 aromatic rings. The van der Waals surface area contributed by atoms with Crippen LogP contribution in [0.4, 0.5) is 4.39 Å². The van der Waals surface area contributed by atoms with Crippen molar-refractivity contribution in [3.05, 3.63) is 59.7 Å². The summed E-state index contributed by atoms with van der Waals surface area (Å²) in [6, 6.07) is 13.6. The van der Waals surface area contributed by atoms with Crippen molar-refractivity contribution < 1.29 is 14.2 Å². The van der Waals surface area contributed by atoms with Gasteiger partial charge in [-0.15, -0.1) is 0 Å². The van der Waals surface area contributed by atoms with E-state index in [4.69, 9.17) is 4.74 Å². The first-order chi connectivity index (χ1) is 14.6. The van der Waals surface area contributed by atoms with E-state index in [1.165, 1.54) is 11.6 Å². The van der Waals surface area contributed by atoms with Crippen molar-refractivity contribution >= 4 is 11.0 Å². The van der Waals surface area contributed by atoms with Crippen molar-refractivity contribution in [1.82, 2.24) is 14.5 Å². The summed E-state index contributed by atoms with van der Waals surface area (Å²) in [7, 11) is 1.68. The lowest BCUT2D eigenvalue weighted by molar-refractivity contribution is 0.0649. The average molecular weight is 412 g/mol. The predicted molar refractivity (Wildman–Crippen MR) is 116 cm³/mol. The molecule has 1 N–H and O–H groups in total. The molecular formula is C24H30FN3O2. The molecule has 0 atom stereocenters. The average Bonchev–Trinajstić information content (AvgIpc) is 3.12. The predicted octanol–water partition coefficient (Wildman–Crippen LogP) is 4.51. The van der Waals surface area contributed by atoms with E-state index in [0.717, 1.165) is 55.9 Å². The number of halogens is 1. The minimum absolute atomic E-state index is 0.200. The normalized spacial score (nSPS) is 19.5. The van der Waals surface area contributed by atoms with Crippen LogP contribution in [0.25, 0.3) is 11.0 Å². The van der Waals surface area contributed by atoms with Gasteiger partial charge in [-0.25, -0.2) is 9.37 Å². The first-order valence-electron chi connectivity index (χ1n) is 10.8. The number of ether oxygens (including phenoxy) is 1. The minimum atomic E-state index is -0.277. The Kier molecular flexibility index (Phi) is 6.35. The fraction of sp³-hybridized carbons (Fsp3) is 0.458. The molecule has 5 nitrogen and oxygen atoms in total. The van der Waals surface area contributed by atoms with E-state index in [1.807, 2.05) is 18.2 Å². The van der Waals surface area contributed by atoms with Gasteiger partial charge in [-0.1, -0.05) is 18.2 Å². The van der Waals surface area contributed by atoms with Gasteiger partial charge in [-0.3, -0.25) is 4.90 Å². The number of nitrogens with zero attached hydrogens (tertiary/aromatic N) is 3. The van der Waals surface area contributed by atoms with Crippen LogP contribution in [0.3, 0.4) is 0 Å². The van der Waals surface area contributed by atoms with Crippen LogP contribution in [0.15, 0.2) is 42.5 Å². The molecule has 0 unspecified atom stereocenters. The van der Waals surface area contributed by atoms with E-state index in [9.17, 15) is 9.50 Å². The van der Waals surface area contributed by atoms with Crippen LogP contribution in [-0.4, -0.2) is 38.8 Å². The van der Waals surface area contributed by atoms with E-state index in [2.05, 4.69) is 33.5 Å². The lowest BCUT2D eigenvalue weighted by Gasteiger charge is -2.35. The number of rotatable bonds is 7. The number of methoxy groups -OCH3 is 1. The van der Waals surface area contributed by atoms with Gasteiger partial charge < -0.3 is 14.4 Å². The van der Waals surface area contributed by atoms with Crippen LogP contribution >= 0.6 is 0 Å². The maximum absolute atomic E-state index is 14.4. The first kappa shape index (κ1) is 20.8. The molecule has 1 aliphatic carbocycles. The van der Waals surface area contributed by atoms with Crippen LogP contribution < -0.4 is 4.74 Å². The van der Waals surface area contributed by atoms with Gasteiger partial charge in [0.1, 0.15) is 17.1 Å². The van der Waals surface area contributed by atoms with E-state index in [-0.39, 0.29) is 11.9 Å². The van der Waals surface area contributed by atoms with Crippen molar-refractivity contribution in [3.8, 4) is 5.75 Å². The number of benzene rings is 2. The molecule has 2 aromatic carbocycles. The van der Waals surface area contributed by atoms with Gasteiger partial charge in [0.15, 0.2) is 5.82 Å². The number of aliphatic hydroxyl groups excluding tert-OH is 1. The fourth-order valence-corrected chi connectivity index (χ4v) is 4.56. The third-order valence-electron chi connectivity index (χ3n) is 6.17. The smallest absolute Gasteiger partial charge is 0.151 e. The van der Waals surface area contributed by atoms with Crippen LogP contribution in [0.2, 0.25) is 0 Å². The number of hydrogen-bond donors (Lipinski definition) is 1. The summed E-state index contributed by atoms with van der Waals surface area (Å²) in [6.45, 7) is 4.21. The number of hydrogen-bond acceptors (Lipinski definition) is 4. The Morgan fingerprint density at radius 2 is 1.90 bits per heavy atom. The lowest BCUT2D eigenvalue weighted by Crippen LogP contribution is -2.38. The Balaban J connectivity index is 1.65. The van der Waals surface area contributed by atoms with Gasteiger partial charge in [0.25, 0.3) is 0 Å². The summed E-state index contributed by atoms with van der Waals surface area (Å²) >= 11 is 0. The fourth-order valence-electron chi connectivity index (χ4n) is 4.56. The molecule has 0 aliphatic heterocycles. The van der Waals surface area contributed by atoms with Crippen molar-refractivity contribution in [3.63, 3.8) is 0 Å². The second kappa shape index (κ2) is 9.14. The molecule has 1 heterocycles. The topological polar surface area (TPSA) is 50.5 Å². The highest BCUT2D eigenvalue weighted by atomic mass is 19.1. The number of imidazole rings is 1. The summed E-state index contributed by atoms with van der Waals surface area (Å²) in [5.74, 6) is 1.45. The Hall–Kier alpha value is -2.44. The number of aliphatic hydroxyl groups is 1. The zero-order valence-electron chi connectivity index (χ0n) is 17.7. The van der Waals surface area contributed by atoms with Gasteiger partial charge in [-0.2, -0.15) is 0 Å². The van der Waals surface area contributed by atoms with Gasteiger partial charge >= 0.3 is 0 Å². The molecule has 1 aromatic heterocycles. The van der Waals surface area contributed by atoms with Gasteiger partial charge in [0, 0.05) is 19.1 Å². The third kappa shape index (κ3) is 4.35. The number of aromatic nitrogens is 2. The number of fused-ring (bicyclic) bond motifs is 1. The molecule has 0 amide bonds. The highest BCUT2D eigenvalue weighted by molar-refractivity contribution is 5.76. The summed E-state index contributed by atoms with van der Waals surface area (Å²) in [4.78, 5) is 7.10. The maximum Gasteiger partial charge on any atom is 0.151 e. The highest BCUT2D eigenvalue weighted by Gasteiger charge is 2.27. The molecule has 0 bridgehead atoms. The Morgan fingerprint density at radius 3 is 2.63 bits per heavy atom. The Labute approximate surface area is 177 Å². The SMILES string of the molecule is CCn1c(CN(Cc2cccc(OC)c2)C2CCC(O)CC2)nc2c(F)cccc21. The molecule has 4 rings (SSSR count). The molecule has 6 heteroatoms. The van der Waals surface area contributed by atoms with Crippen molar-refractivity contribution in [2.75, 3.05) is 7.11 Å². The van der Waals surface area contributed by atoms with E-state index < -0.39 is 0 Å². The second-order valence-corrected chi connectivity index (χ2v) is 8.10. The van der Waals surface area contributed by atoms with Crippen molar-refractivity contribution in [1.29, 1.82) is 0 Å². The lowest BCUT2D eigenvalue weighted by atomic mass is 9.91. The molecule has 1 fully saturated rings. The van der Waals surface area contributed by atoms with Crippen molar-refractivity contribution in [2.45, 2.75) is 64.4 Å². The quantitative estimate of drug-likeness (QED) is 0.622. The van der Waals surface area contributed by atoms with Crippen LogP contribution in [0.1, 0.15) is 44.0 Å². The van der Waals surface area contributed by atoms with Gasteiger partial charge in [-0.05, 0) is 62.4 Å². The second-order valence-electron chi connectivity index (χ2n) is 8.10. The molecule has 30 heavy (non-hydrogen) atoms. The molecule has 0 saturated heterocycles. The van der Waals surface area contributed by atoms with Crippen molar-refractivity contribution in [2.24, 2.45) is 0 Å². The zero-order valence-corrected chi connectivity index (χ0v) is 17.7. The number of aryl methyl sites for hydroxylation is 1. The summed E-state index contributed by atoms with van der Waals surface area (Å²) < 4.78 is 21.9. The first-order valence-corrected chi connectivity index (χ1v) is 10.8. The summed E-state index contributed by atoms with van der Waals surface area (Å²) in [6.07, 6.45) is 3.34. The van der Waals surface area contributed by atoms with E-state index >= 15 is 0 Å². The summed E-state index contributed by atoms with van der Waals surface area (Å²) in [5, 5.41) is 9.97. The van der Waals surface area contributed by atoms with Crippen LogP contribution in [0.5, 0.6) is 5.75 Å². The Bertz CT molecular complexity index is 995. The molecule has 1 saturated carbocycles. The molecule has 0 radical (unpaired) electrons. The standard InChI is InChI=1S/C24H30FN3O2/c1-3-28-22-9-5-8-21(25)24(22)26-23(28)16-27(18-10-12-19(29)13-11-18)15-17-6-4-7-20(14-17)30-2/h4-9,14,18-19,29H,3,10-13,15-16H2,1-2H3. The molecule has 160 valence electrons. The van der Waals surface area contributed by atoms with Gasteiger partial charge in [0.05, 0.1) is 25.3 Å². The molecular weight excluding hydrogens is 381 g/mol. The zero-order chi connectivity index (χ0) is 21.1. The molecule has 0 spiro atoms.